The fourth-order valence-corrected chi connectivity index (χ4v) is 5.09. The topological polar surface area (TPSA) is 49.4 Å². The minimum Gasteiger partial charge on any atom is -0.352 e. The predicted octanol–water partition coefficient (Wildman–Crippen LogP) is 5.93. The molecule has 2 amide bonds. The van der Waals surface area contributed by atoms with Crippen LogP contribution in [0, 0.1) is 13.8 Å². The van der Waals surface area contributed by atoms with Gasteiger partial charge in [-0.3, -0.25) is 9.59 Å². The molecule has 1 aliphatic carbocycles. The molecule has 188 valence electrons. The van der Waals surface area contributed by atoms with E-state index in [1.807, 2.05) is 73.7 Å². The van der Waals surface area contributed by atoms with Crippen molar-refractivity contribution >= 4 is 11.8 Å². The van der Waals surface area contributed by atoms with Crippen LogP contribution in [0.2, 0.25) is 0 Å². The van der Waals surface area contributed by atoms with E-state index >= 15 is 0 Å². The molecule has 1 fully saturated rings. The van der Waals surface area contributed by atoms with Crippen molar-refractivity contribution in [1.29, 1.82) is 0 Å². The number of aryl methyl sites for hydroxylation is 2. The fraction of sp³-hybridized carbons (Fsp3) is 0.375. The van der Waals surface area contributed by atoms with E-state index in [2.05, 4.69) is 24.4 Å². The number of hydrogen-bond acceptors (Lipinski definition) is 2. The lowest BCUT2D eigenvalue weighted by molar-refractivity contribution is -0.141. The van der Waals surface area contributed by atoms with Crippen LogP contribution >= 0.6 is 0 Å². The molecule has 4 nitrogen and oxygen atoms in total. The zero-order valence-electron chi connectivity index (χ0n) is 21.6. The lowest BCUT2D eigenvalue weighted by Gasteiger charge is -2.33. The molecule has 0 heterocycles. The normalized spacial score (nSPS) is 14.7. The maximum atomic E-state index is 13.9. The Labute approximate surface area is 215 Å². The van der Waals surface area contributed by atoms with Crippen molar-refractivity contribution < 1.29 is 9.59 Å². The first-order valence-electron chi connectivity index (χ1n) is 13.2. The molecule has 1 aliphatic rings. The number of benzene rings is 3. The maximum Gasteiger partial charge on any atom is 0.243 e. The number of carbonyl (C=O) groups excluding carboxylic acids is 2. The summed E-state index contributed by atoms with van der Waals surface area (Å²) in [6.07, 6.45) is 6.31. The second-order valence-corrected chi connectivity index (χ2v) is 10.2. The molecule has 0 saturated heterocycles. The van der Waals surface area contributed by atoms with E-state index in [0.717, 1.165) is 53.5 Å². The van der Waals surface area contributed by atoms with Crippen LogP contribution in [0.25, 0.3) is 0 Å². The van der Waals surface area contributed by atoms with Crippen molar-refractivity contribution in [3.05, 3.63) is 107 Å². The van der Waals surface area contributed by atoms with Crippen molar-refractivity contribution in [2.24, 2.45) is 0 Å². The number of nitrogens with zero attached hydrogens (tertiary/aromatic N) is 1. The number of nitrogens with one attached hydrogen (secondary N) is 1. The molecule has 3 aromatic carbocycles. The highest BCUT2D eigenvalue weighted by Crippen LogP contribution is 2.21. The van der Waals surface area contributed by atoms with Gasteiger partial charge in [0.1, 0.15) is 6.04 Å². The minimum atomic E-state index is -0.576. The molecule has 1 saturated carbocycles. The van der Waals surface area contributed by atoms with E-state index < -0.39 is 6.04 Å². The van der Waals surface area contributed by atoms with Crippen molar-refractivity contribution in [2.45, 2.75) is 77.4 Å². The highest BCUT2D eigenvalue weighted by molar-refractivity contribution is 5.89. The van der Waals surface area contributed by atoms with Gasteiger partial charge in [0, 0.05) is 19.0 Å². The molecule has 1 N–H and O–H groups in total. The van der Waals surface area contributed by atoms with Crippen molar-refractivity contribution in [3.8, 4) is 0 Å². The van der Waals surface area contributed by atoms with Gasteiger partial charge in [0.2, 0.25) is 11.8 Å². The Bertz CT molecular complexity index is 1130. The van der Waals surface area contributed by atoms with Gasteiger partial charge in [-0.05, 0) is 43.4 Å². The molecule has 0 unspecified atom stereocenters. The van der Waals surface area contributed by atoms with Crippen LogP contribution in [0.5, 0.6) is 0 Å². The quantitative estimate of drug-likeness (QED) is 0.411. The Morgan fingerprint density at radius 2 is 1.50 bits per heavy atom. The van der Waals surface area contributed by atoms with Gasteiger partial charge < -0.3 is 10.2 Å². The van der Waals surface area contributed by atoms with E-state index in [1.165, 1.54) is 6.42 Å². The van der Waals surface area contributed by atoms with Crippen molar-refractivity contribution in [1.82, 2.24) is 10.2 Å². The predicted molar refractivity (Wildman–Crippen MR) is 146 cm³/mol. The maximum absolute atomic E-state index is 13.9. The standard InChI is InChI=1S/C32H38N2O2/c1-24-16-18-27(19-17-24)22-31(35)34(23-28-13-9-10-25(2)20-28)30(21-26-11-5-3-6-12-26)32(36)33-29-14-7-4-8-15-29/h3,5-6,9-13,16-20,29-30H,4,7-8,14-15,21-23H2,1-2H3,(H,33,36)/t30-/m0/s1. The first kappa shape index (κ1) is 25.7. The molecule has 0 aromatic heterocycles. The molecule has 0 aliphatic heterocycles. The lowest BCUT2D eigenvalue weighted by atomic mass is 9.94. The van der Waals surface area contributed by atoms with Crippen LogP contribution in [-0.2, 0) is 29.0 Å². The summed E-state index contributed by atoms with van der Waals surface area (Å²) in [4.78, 5) is 29.5. The summed E-state index contributed by atoms with van der Waals surface area (Å²) in [6, 6.07) is 25.9. The van der Waals surface area contributed by atoms with Crippen LogP contribution < -0.4 is 5.32 Å². The summed E-state index contributed by atoms with van der Waals surface area (Å²) < 4.78 is 0. The molecule has 3 aromatic rings. The van der Waals surface area contributed by atoms with Gasteiger partial charge in [0.05, 0.1) is 6.42 Å². The zero-order valence-corrected chi connectivity index (χ0v) is 21.6. The molecule has 0 spiro atoms. The van der Waals surface area contributed by atoms with Crippen LogP contribution in [-0.4, -0.2) is 28.8 Å². The van der Waals surface area contributed by atoms with E-state index in [9.17, 15) is 9.59 Å². The highest BCUT2D eigenvalue weighted by atomic mass is 16.2. The first-order valence-corrected chi connectivity index (χ1v) is 13.2. The Kier molecular flexibility index (Phi) is 8.94. The van der Waals surface area contributed by atoms with Gasteiger partial charge in [-0.15, -0.1) is 0 Å². The molecule has 0 radical (unpaired) electrons. The van der Waals surface area contributed by atoms with Gasteiger partial charge in [-0.25, -0.2) is 0 Å². The average molecular weight is 483 g/mol. The summed E-state index contributed by atoms with van der Waals surface area (Å²) in [6.45, 7) is 4.50. The molecular weight excluding hydrogens is 444 g/mol. The Hall–Kier alpha value is -3.40. The summed E-state index contributed by atoms with van der Waals surface area (Å²) in [5, 5.41) is 3.31. The Morgan fingerprint density at radius 1 is 0.806 bits per heavy atom. The lowest BCUT2D eigenvalue weighted by Crippen LogP contribution is -2.53. The second kappa shape index (κ2) is 12.5. The largest absolute Gasteiger partial charge is 0.352 e. The summed E-state index contributed by atoms with van der Waals surface area (Å²) in [5.74, 6) is -0.0734. The van der Waals surface area contributed by atoms with Gasteiger partial charge >= 0.3 is 0 Å². The molecule has 4 rings (SSSR count). The van der Waals surface area contributed by atoms with Gasteiger partial charge in [0.15, 0.2) is 0 Å². The van der Waals surface area contributed by atoms with E-state index in [4.69, 9.17) is 0 Å². The zero-order chi connectivity index (χ0) is 25.3. The Balaban J connectivity index is 1.65. The molecular formula is C32H38N2O2. The highest BCUT2D eigenvalue weighted by Gasteiger charge is 2.32. The smallest absolute Gasteiger partial charge is 0.243 e. The van der Waals surface area contributed by atoms with Crippen LogP contribution in [0.1, 0.15) is 59.9 Å². The molecule has 36 heavy (non-hydrogen) atoms. The third-order valence-corrected chi connectivity index (χ3v) is 7.13. The number of carbonyl (C=O) groups is 2. The molecule has 4 heteroatoms. The van der Waals surface area contributed by atoms with Gasteiger partial charge in [-0.2, -0.15) is 0 Å². The second-order valence-electron chi connectivity index (χ2n) is 10.2. The minimum absolute atomic E-state index is 0.0277. The van der Waals surface area contributed by atoms with E-state index in [0.29, 0.717) is 13.0 Å². The number of amides is 2. The molecule has 1 atom stereocenters. The van der Waals surface area contributed by atoms with Crippen LogP contribution in [0.15, 0.2) is 78.9 Å². The summed E-state index contributed by atoms with van der Waals surface area (Å²) in [5.41, 5.74) is 5.36. The van der Waals surface area contributed by atoms with Crippen LogP contribution in [0.4, 0.5) is 0 Å². The number of rotatable bonds is 9. The van der Waals surface area contributed by atoms with Gasteiger partial charge in [-0.1, -0.05) is 109 Å². The van der Waals surface area contributed by atoms with Gasteiger partial charge in [0.25, 0.3) is 0 Å². The summed E-state index contributed by atoms with van der Waals surface area (Å²) >= 11 is 0. The van der Waals surface area contributed by atoms with Crippen LogP contribution in [0.3, 0.4) is 0 Å². The van der Waals surface area contributed by atoms with Crippen molar-refractivity contribution in [3.63, 3.8) is 0 Å². The Morgan fingerprint density at radius 3 is 2.19 bits per heavy atom. The summed E-state index contributed by atoms with van der Waals surface area (Å²) in [7, 11) is 0. The van der Waals surface area contributed by atoms with Crippen molar-refractivity contribution in [2.75, 3.05) is 0 Å². The first-order chi connectivity index (χ1) is 17.5. The van der Waals surface area contributed by atoms with E-state index in [1.54, 1.807) is 4.90 Å². The third kappa shape index (κ3) is 7.30. The number of hydrogen-bond donors (Lipinski definition) is 1. The molecule has 0 bridgehead atoms. The monoisotopic (exact) mass is 482 g/mol. The average Bonchev–Trinajstić information content (AvgIpc) is 2.88. The third-order valence-electron chi connectivity index (χ3n) is 7.13. The fourth-order valence-electron chi connectivity index (χ4n) is 5.09. The SMILES string of the molecule is Cc1ccc(CC(=O)N(Cc2cccc(C)c2)[C@@H](Cc2ccccc2)C(=O)NC2CCCCC2)cc1. The van der Waals surface area contributed by atoms with E-state index in [-0.39, 0.29) is 24.3 Å².